The number of thiophene rings is 1. The molecule has 1 aromatic heterocycles. The number of hydrogen-bond donors (Lipinski definition) is 1. The van der Waals surface area contributed by atoms with Gasteiger partial charge in [-0.25, -0.2) is 8.42 Å². The van der Waals surface area contributed by atoms with Crippen LogP contribution >= 0.6 is 11.3 Å². The monoisotopic (exact) mass is 290 g/mol. The topological polar surface area (TPSA) is 49.4 Å². The Kier molecular flexibility index (Phi) is 5.78. The van der Waals surface area contributed by atoms with Crippen molar-refractivity contribution in [2.24, 2.45) is 0 Å². The van der Waals surface area contributed by atoms with Gasteiger partial charge in [0.1, 0.15) is 4.21 Å². The molecule has 104 valence electrons. The SMILES string of the molecule is CCCN(CC)S(=O)(=O)c1cc(C)c(CNC)s1. The van der Waals surface area contributed by atoms with E-state index in [9.17, 15) is 8.42 Å². The summed E-state index contributed by atoms with van der Waals surface area (Å²) in [5.74, 6) is 0. The predicted octanol–water partition coefficient (Wildman–Crippen LogP) is 2.20. The standard InChI is InChI=1S/C12H22N2O2S2/c1-5-7-14(6-2)18(15,16)12-8-10(3)11(17-12)9-13-4/h8,13H,5-7,9H2,1-4H3. The second kappa shape index (κ2) is 6.65. The average molecular weight is 290 g/mol. The fraction of sp³-hybridized carbons (Fsp3) is 0.667. The Morgan fingerprint density at radius 2 is 2.06 bits per heavy atom. The van der Waals surface area contributed by atoms with E-state index in [1.54, 1.807) is 10.4 Å². The van der Waals surface area contributed by atoms with Gasteiger partial charge in [0.15, 0.2) is 0 Å². The van der Waals surface area contributed by atoms with Gasteiger partial charge in [0, 0.05) is 24.5 Å². The molecule has 0 aromatic carbocycles. The van der Waals surface area contributed by atoms with Gasteiger partial charge in [-0.05, 0) is 32.0 Å². The van der Waals surface area contributed by atoms with Gasteiger partial charge in [-0.3, -0.25) is 0 Å². The summed E-state index contributed by atoms with van der Waals surface area (Å²) in [5, 5.41) is 3.06. The van der Waals surface area contributed by atoms with E-state index in [-0.39, 0.29) is 0 Å². The molecule has 0 spiro atoms. The molecule has 0 saturated carbocycles. The van der Waals surface area contributed by atoms with Crippen molar-refractivity contribution in [3.8, 4) is 0 Å². The minimum atomic E-state index is -3.31. The van der Waals surface area contributed by atoms with Crippen molar-refractivity contribution in [3.63, 3.8) is 0 Å². The lowest BCUT2D eigenvalue weighted by molar-refractivity contribution is 0.428. The molecule has 0 saturated heterocycles. The molecule has 18 heavy (non-hydrogen) atoms. The highest BCUT2D eigenvalue weighted by Crippen LogP contribution is 2.28. The lowest BCUT2D eigenvalue weighted by Crippen LogP contribution is -2.31. The van der Waals surface area contributed by atoms with Gasteiger partial charge in [0.2, 0.25) is 0 Å². The fourth-order valence-electron chi connectivity index (χ4n) is 1.78. The largest absolute Gasteiger partial charge is 0.315 e. The number of hydrogen-bond acceptors (Lipinski definition) is 4. The Bertz CT molecular complexity index is 480. The average Bonchev–Trinajstić information content (AvgIpc) is 2.69. The van der Waals surface area contributed by atoms with Crippen molar-refractivity contribution < 1.29 is 8.42 Å². The molecule has 4 nitrogen and oxygen atoms in total. The Balaban J connectivity index is 3.07. The Hall–Kier alpha value is -0.430. The highest BCUT2D eigenvalue weighted by Gasteiger charge is 2.25. The van der Waals surface area contributed by atoms with Gasteiger partial charge in [0.05, 0.1) is 0 Å². The molecule has 6 heteroatoms. The molecular formula is C12H22N2O2S2. The summed E-state index contributed by atoms with van der Waals surface area (Å²) in [6.07, 6.45) is 0.834. The molecule has 0 aliphatic rings. The maximum atomic E-state index is 12.4. The highest BCUT2D eigenvalue weighted by molar-refractivity contribution is 7.91. The molecule has 0 aliphatic heterocycles. The van der Waals surface area contributed by atoms with Crippen molar-refractivity contribution in [2.45, 2.75) is 37.9 Å². The van der Waals surface area contributed by atoms with E-state index in [4.69, 9.17) is 0 Å². The molecule has 1 rings (SSSR count). The molecule has 0 radical (unpaired) electrons. The highest BCUT2D eigenvalue weighted by atomic mass is 32.2. The van der Waals surface area contributed by atoms with Crippen LogP contribution in [0.2, 0.25) is 0 Å². The summed E-state index contributed by atoms with van der Waals surface area (Å²) in [6.45, 7) is 7.64. The first-order chi connectivity index (χ1) is 8.47. The van der Waals surface area contributed by atoms with Crippen molar-refractivity contribution >= 4 is 21.4 Å². The van der Waals surface area contributed by atoms with Gasteiger partial charge in [-0.2, -0.15) is 4.31 Å². The van der Waals surface area contributed by atoms with Gasteiger partial charge in [0.25, 0.3) is 10.0 Å². The van der Waals surface area contributed by atoms with Crippen LogP contribution in [0.3, 0.4) is 0 Å². The summed E-state index contributed by atoms with van der Waals surface area (Å²) in [6, 6.07) is 1.78. The Labute approximate surface area is 114 Å². The quantitative estimate of drug-likeness (QED) is 0.837. The van der Waals surface area contributed by atoms with Crippen LogP contribution in [0.5, 0.6) is 0 Å². The van der Waals surface area contributed by atoms with E-state index in [0.717, 1.165) is 16.9 Å². The maximum absolute atomic E-state index is 12.4. The number of nitrogens with one attached hydrogen (secondary N) is 1. The smallest absolute Gasteiger partial charge is 0.252 e. The number of rotatable bonds is 7. The summed E-state index contributed by atoms with van der Waals surface area (Å²) in [7, 11) is -1.45. The zero-order valence-corrected chi connectivity index (χ0v) is 13.1. The van der Waals surface area contributed by atoms with Crippen molar-refractivity contribution in [1.29, 1.82) is 0 Å². The Morgan fingerprint density at radius 1 is 1.39 bits per heavy atom. The lowest BCUT2D eigenvalue weighted by Gasteiger charge is -2.18. The molecule has 0 fully saturated rings. The van der Waals surface area contributed by atoms with Crippen LogP contribution < -0.4 is 5.32 Å². The van der Waals surface area contributed by atoms with E-state index >= 15 is 0 Å². The lowest BCUT2D eigenvalue weighted by atomic mass is 10.3. The summed E-state index contributed by atoms with van der Waals surface area (Å²) < 4.78 is 26.9. The third kappa shape index (κ3) is 3.32. The van der Waals surface area contributed by atoms with Crippen molar-refractivity contribution in [1.82, 2.24) is 9.62 Å². The second-order valence-corrected chi connectivity index (χ2v) is 7.50. The van der Waals surface area contributed by atoms with Crippen LogP contribution in [0.1, 0.15) is 30.7 Å². The molecule has 1 heterocycles. The summed E-state index contributed by atoms with van der Waals surface area (Å²) in [5.41, 5.74) is 1.04. The molecule has 1 aromatic rings. The zero-order valence-electron chi connectivity index (χ0n) is 11.5. The van der Waals surface area contributed by atoms with E-state index in [1.165, 1.54) is 11.3 Å². The number of sulfonamides is 1. The molecule has 1 N–H and O–H groups in total. The molecular weight excluding hydrogens is 268 g/mol. The zero-order chi connectivity index (χ0) is 13.8. The number of nitrogens with zero attached hydrogens (tertiary/aromatic N) is 1. The maximum Gasteiger partial charge on any atom is 0.252 e. The molecule has 0 aliphatic carbocycles. The molecule has 0 atom stereocenters. The first-order valence-corrected chi connectivity index (χ1v) is 8.47. The van der Waals surface area contributed by atoms with Gasteiger partial charge < -0.3 is 5.32 Å². The first kappa shape index (κ1) is 15.6. The fourth-order valence-corrected chi connectivity index (χ4v) is 5.07. The van der Waals surface area contributed by atoms with Crippen LogP contribution in [-0.2, 0) is 16.6 Å². The van der Waals surface area contributed by atoms with Crippen LogP contribution in [-0.4, -0.2) is 32.9 Å². The number of aryl methyl sites for hydroxylation is 1. The minimum absolute atomic E-state index is 0.459. The summed E-state index contributed by atoms with van der Waals surface area (Å²) in [4.78, 5) is 1.09. The van der Waals surface area contributed by atoms with Crippen LogP contribution in [0, 0.1) is 6.92 Å². The van der Waals surface area contributed by atoms with Crippen molar-refractivity contribution in [3.05, 3.63) is 16.5 Å². The van der Waals surface area contributed by atoms with E-state index in [2.05, 4.69) is 5.32 Å². The molecule has 0 amide bonds. The van der Waals surface area contributed by atoms with Crippen LogP contribution in [0.15, 0.2) is 10.3 Å². The van der Waals surface area contributed by atoms with Gasteiger partial charge >= 0.3 is 0 Å². The summed E-state index contributed by atoms with van der Waals surface area (Å²) >= 11 is 1.37. The van der Waals surface area contributed by atoms with E-state index in [1.807, 2.05) is 27.8 Å². The Morgan fingerprint density at radius 3 is 2.56 bits per heavy atom. The molecule has 0 unspecified atom stereocenters. The van der Waals surface area contributed by atoms with Crippen LogP contribution in [0.4, 0.5) is 0 Å². The van der Waals surface area contributed by atoms with Gasteiger partial charge in [-0.15, -0.1) is 11.3 Å². The van der Waals surface area contributed by atoms with Crippen LogP contribution in [0.25, 0.3) is 0 Å². The third-order valence-corrected chi connectivity index (χ3v) is 6.42. The van der Waals surface area contributed by atoms with Crippen molar-refractivity contribution in [2.75, 3.05) is 20.1 Å². The minimum Gasteiger partial charge on any atom is -0.315 e. The van der Waals surface area contributed by atoms with E-state index in [0.29, 0.717) is 23.8 Å². The van der Waals surface area contributed by atoms with Gasteiger partial charge in [-0.1, -0.05) is 13.8 Å². The predicted molar refractivity (Wildman–Crippen MR) is 76.5 cm³/mol. The second-order valence-electron chi connectivity index (χ2n) is 4.20. The third-order valence-electron chi connectivity index (χ3n) is 2.76. The van der Waals surface area contributed by atoms with E-state index < -0.39 is 10.0 Å². The first-order valence-electron chi connectivity index (χ1n) is 6.21. The normalized spacial score (nSPS) is 12.3. The molecule has 0 bridgehead atoms.